The Kier molecular flexibility index (Phi) is 5.71. The number of aromatic nitrogens is 3. The van der Waals surface area contributed by atoms with Gasteiger partial charge in [-0.1, -0.05) is 24.3 Å². The summed E-state index contributed by atoms with van der Waals surface area (Å²) < 4.78 is 46.6. The van der Waals surface area contributed by atoms with E-state index in [1.807, 2.05) is 12.1 Å². The van der Waals surface area contributed by atoms with Crippen LogP contribution in [-0.2, 0) is 11.2 Å². The van der Waals surface area contributed by atoms with Crippen LogP contribution >= 0.6 is 0 Å². The maximum Gasteiger partial charge on any atom is 0.573 e. The van der Waals surface area contributed by atoms with E-state index < -0.39 is 18.6 Å². The maximum atomic E-state index is 12.2. The normalized spacial score (nSPS) is 12.4. The summed E-state index contributed by atoms with van der Waals surface area (Å²) in [6, 6.07) is 12.5. The van der Waals surface area contributed by atoms with Crippen molar-refractivity contribution in [2.75, 3.05) is 0 Å². The smallest absolute Gasteiger partial charge is 0.450 e. The van der Waals surface area contributed by atoms with Crippen molar-refractivity contribution in [3.8, 4) is 22.8 Å². The summed E-state index contributed by atoms with van der Waals surface area (Å²) in [5, 5.41) is 12.9. The second-order valence-electron chi connectivity index (χ2n) is 6.15. The quantitative estimate of drug-likeness (QED) is 0.607. The molecule has 0 aliphatic heterocycles. The lowest BCUT2D eigenvalue weighted by Crippen LogP contribution is -2.17. The lowest BCUT2D eigenvalue weighted by Gasteiger charge is -2.10. The van der Waals surface area contributed by atoms with Gasteiger partial charge in [-0.2, -0.15) is 0 Å². The molecule has 1 aromatic heterocycles. The molecule has 10 heteroatoms. The van der Waals surface area contributed by atoms with Gasteiger partial charge in [0.2, 0.25) is 0 Å². The summed E-state index contributed by atoms with van der Waals surface area (Å²) in [5.41, 5.74) is 2.15. The second kappa shape index (κ2) is 8.21. The first kappa shape index (κ1) is 20.2. The Bertz CT molecular complexity index is 970. The third kappa shape index (κ3) is 5.71. The van der Waals surface area contributed by atoms with Gasteiger partial charge in [0, 0.05) is 12.0 Å². The molecule has 152 valence electrons. The Morgan fingerprint density at radius 3 is 2.38 bits per heavy atom. The van der Waals surface area contributed by atoms with Crippen molar-refractivity contribution >= 4 is 6.16 Å². The zero-order valence-corrected chi connectivity index (χ0v) is 15.1. The van der Waals surface area contributed by atoms with Gasteiger partial charge in [0.25, 0.3) is 0 Å². The number of halogens is 3. The van der Waals surface area contributed by atoms with Crippen LogP contribution in [0.3, 0.4) is 0 Å². The first-order chi connectivity index (χ1) is 13.7. The molecule has 0 saturated carbocycles. The number of hydrogen-bond donors (Lipinski definition) is 1. The van der Waals surface area contributed by atoms with E-state index >= 15 is 0 Å². The first-order valence-corrected chi connectivity index (χ1v) is 8.46. The van der Waals surface area contributed by atoms with Crippen LogP contribution < -0.4 is 4.74 Å². The van der Waals surface area contributed by atoms with Gasteiger partial charge >= 0.3 is 12.5 Å². The van der Waals surface area contributed by atoms with Gasteiger partial charge in [0.1, 0.15) is 18.2 Å². The van der Waals surface area contributed by atoms with Gasteiger partial charge in [-0.05, 0) is 36.8 Å². The van der Waals surface area contributed by atoms with Crippen molar-refractivity contribution in [3.05, 3.63) is 60.4 Å². The largest absolute Gasteiger partial charge is 0.573 e. The van der Waals surface area contributed by atoms with Crippen molar-refractivity contribution in [1.29, 1.82) is 0 Å². The van der Waals surface area contributed by atoms with Crippen LogP contribution in [0.15, 0.2) is 54.9 Å². The predicted molar refractivity (Wildman–Crippen MR) is 95.8 cm³/mol. The summed E-state index contributed by atoms with van der Waals surface area (Å²) in [6.07, 6.45) is -4.65. The van der Waals surface area contributed by atoms with Gasteiger partial charge in [-0.25, -0.2) is 14.5 Å². The molecule has 2 aromatic carbocycles. The van der Waals surface area contributed by atoms with E-state index in [-0.39, 0.29) is 5.75 Å². The van der Waals surface area contributed by atoms with Crippen LogP contribution in [0.25, 0.3) is 17.1 Å². The zero-order chi connectivity index (χ0) is 21.0. The number of alkyl halides is 3. The van der Waals surface area contributed by atoms with Crippen molar-refractivity contribution in [2.45, 2.75) is 25.8 Å². The van der Waals surface area contributed by atoms with Gasteiger partial charge in [-0.3, -0.25) is 0 Å². The maximum absolute atomic E-state index is 12.2. The predicted octanol–water partition coefficient (Wildman–Crippen LogP) is 4.46. The van der Waals surface area contributed by atoms with Crippen molar-refractivity contribution < 1.29 is 32.5 Å². The molecule has 1 N–H and O–H groups in total. The number of carboxylic acid groups (broad SMARTS) is 1. The second-order valence-corrected chi connectivity index (χ2v) is 6.15. The van der Waals surface area contributed by atoms with Crippen molar-refractivity contribution in [3.63, 3.8) is 0 Å². The molecule has 0 fully saturated rings. The number of benzene rings is 2. The number of nitrogens with zero attached hydrogens (tertiary/aromatic N) is 3. The molecule has 1 atom stereocenters. The van der Waals surface area contributed by atoms with E-state index in [0.717, 1.165) is 11.1 Å². The van der Waals surface area contributed by atoms with E-state index in [1.54, 1.807) is 19.1 Å². The molecule has 0 aliphatic carbocycles. The highest BCUT2D eigenvalue weighted by Crippen LogP contribution is 2.24. The minimum Gasteiger partial charge on any atom is -0.450 e. The lowest BCUT2D eigenvalue weighted by molar-refractivity contribution is -0.274. The molecule has 0 radical (unpaired) electrons. The number of rotatable bonds is 6. The molecular weight excluding hydrogens is 391 g/mol. The Morgan fingerprint density at radius 1 is 1.14 bits per heavy atom. The summed E-state index contributed by atoms with van der Waals surface area (Å²) in [5.74, 6) is 0.111. The van der Waals surface area contributed by atoms with E-state index in [0.29, 0.717) is 17.9 Å². The van der Waals surface area contributed by atoms with Crippen LogP contribution in [0.4, 0.5) is 18.0 Å². The topological polar surface area (TPSA) is 86.5 Å². The van der Waals surface area contributed by atoms with E-state index in [2.05, 4.69) is 19.6 Å². The molecule has 0 spiro atoms. The molecule has 0 amide bonds. The highest BCUT2D eigenvalue weighted by atomic mass is 19.4. The van der Waals surface area contributed by atoms with Crippen molar-refractivity contribution in [1.82, 2.24) is 14.8 Å². The third-order valence-corrected chi connectivity index (χ3v) is 3.86. The molecule has 0 aliphatic rings. The summed E-state index contributed by atoms with van der Waals surface area (Å²) in [6.45, 7) is 1.66. The summed E-state index contributed by atoms with van der Waals surface area (Å²) >= 11 is 0. The molecule has 29 heavy (non-hydrogen) atoms. The lowest BCUT2D eigenvalue weighted by atomic mass is 10.1. The van der Waals surface area contributed by atoms with E-state index in [9.17, 15) is 18.0 Å². The molecule has 1 unspecified atom stereocenters. The van der Waals surface area contributed by atoms with Crippen LogP contribution in [-0.4, -0.2) is 38.5 Å². The number of carbonyl (C=O) groups is 1. The monoisotopic (exact) mass is 407 g/mol. The van der Waals surface area contributed by atoms with Gasteiger partial charge in [0.05, 0.1) is 5.69 Å². The average molecular weight is 407 g/mol. The fraction of sp³-hybridized carbons (Fsp3) is 0.211. The standard InChI is InChI=1S/C19H16F3N3O4/c1-12(28-18(26)27)10-13-2-4-14(5-3-13)17-23-11-25(24-17)15-6-8-16(9-7-15)29-19(20,21)22/h2-9,11-12H,10H2,1H3,(H,26,27). The van der Waals surface area contributed by atoms with Gasteiger partial charge in [-0.15, -0.1) is 18.3 Å². The molecule has 1 heterocycles. The molecule has 7 nitrogen and oxygen atoms in total. The van der Waals surface area contributed by atoms with Gasteiger partial charge < -0.3 is 14.6 Å². The third-order valence-electron chi connectivity index (χ3n) is 3.86. The number of ether oxygens (including phenoxy) is 2. The van der Waals surface area contributed by atoms with Gasteiger partial charge in [0.15, 0.2) is 5.82 Å². The minimum atomic E-state index is -4.74. The molecule has 0 saturated heterocycles. The fourth-order valence-corrected chi connectivity index (χ4v) is 2.66. The Labute approximate surface area is 163 Å². The fourth-order valence-electron chi connectivity index (χ4n) is 2.66. The molecule has 3 aromatic rings. The van der Waals surface area contributed by atoms with Crippen LogP contribution in [0.1, 0.15) is 12.5 Å². The minimum absolute atomic E-state index is 0.321. The van der Waals surface area contributed by atoms with E-state index in [1.165, 1.54) is 35.3 Å². The van der Waals surface area contributed by atoms with Crippen LogP contribution in [0.2, 0.25) is 0 Å². The SMILES string of the molecule is CC(Cc1ccc(-c2ncn(-c3ccc(OC(F)(F)F)cc3)n2)cc1)OC(=O)O. The molecule has 0 bridgehead atoms. The van der Waals surface area contributed by atoms with Crippen molar-refractivity contribution in [2.24, 2.45) is 0 Å². The number of hydrogen-bond acceptors (Lipinski definition) is 5. The zero-order valence-electron chi connectivity index (χ0n) is 15.1. The molecule has 3 rings (SSSR count). The van der Waals surface area contributed by atoms with E-state index in [4.69, 9.17) is 5.11 Å². The highest BCUT2D eigenvalue weighted by molar-refractivity contribution is 5.57. The summed E-state index contributed by atoms with van der Waals surface area (Å²) in [4.78, 5) is 14.8. The Morgan fingerprint density at radius 2 is 1.79 bits per heavy atom. The molecular formula is C19H16F3N3O4. The Balaban J connectivity index is 1.69. The van der Waals surface area contributed by atoms with Crippen LogP contribution in [0, 0.1) is 0 Å². The summed E-state index contributed by atoms with van der Waals surface area (Å²) in [7, 11) is 0. The van der Waals surface area contributed by atoms with Crippen LogP contribution in [0.5, 0.6) is 5.75 Å². The highest BCUT2D eigenvalue weighted by Gasteiger charge is 2.31. The first-order valence-electron chi connectivity index (χ1n) is 8.46. The average Bonchev–Trinajstić information content (AvgIpc) is 3.11. The Hall–Kier alpha value is -3.56.